The summed E-state index contributed by atoms with van der Waals surface area (Å²) in [4.78, 5) is 26.9. The van der Waals surface area contributed by atoms with Gasteiger partial charge in [0.25, 0.3) is 5.91 Å². The Labute approximate surface area is 264 Å². The maximum atomic E-state index is 15.8. The lowest BCUT2D eigenvalue weighted by molar-refractivity contribution is -0.212. The number of nitrogens with zero attached hydrogens (tertiary/aromatic N) is 6. The lowest BCUT2D eigenvalue weighted by Gasteiger charge is -2.47. The summed E-state index contributed by atoms with van der Waals surface area (Å²) in [6, 6.07) is 1.45. The van der Waals surface area contributed by atoms with Crippen LogP contribution in [0.5, 0.6) is 6.01 Å². The third kappa shape index (κ3) is 6.16. The number of hydrogen-bond acceptors (Lipinski definition) is 9. The number of allylic oxidation sites excluding steroid dienone is 2. The van der Waals surface area contributed by atoms with Gasteiger partial charge in [0.2, 0.25) is 0 Å². The molecule has 2 N–H and O–H groups in total. The number of likely N-dealkylation sites (N-methyl/N-ethyl adjacent to an activating group) is 1. The summed E-state index contributed by atoms with van der Waals surface area (Å²) < 4.78 is 85.0. The Hall–Kier alpha value is -3.77. The number of carbonyl (C=O) groups excluding carboxylic acids is 1. The topological polar surface area (TPSA) is 121 Å². The average Bonchev–Trinajstić information content (AvgIpc) is 3.41. The van der Waals surface area contributed by atoms with Gasteiger partial charge in [-0.25, -0.2) is 8.78 Å². The van der Waals surface area contributed by atoms with Gasteiger partial charge >= 0.3 is 12.2 Å². The molecule has 4 heterocycles. The van der Waals surface area contributed by atoms with Crippen LogP contribution in [0.15, 0.2) is 35.6 Å². The fourth-order valence-electron chi connectivity index (χ4n) is 7.28. The Morgan fingerprint density at radius 3 is 2.65 bits per heavy atom. The summed E-state index contributed by atoms with van der Waals surface area (Å²) in [7, 11) is 1.98. The van der Waals surface area contributed by atoms with Crippen molar-refractivity contribution in [3.63, 3.8) is 0 Å². The molecule has 2 fully saturated rings. The number of halogens is 5. The van der Waals surface area contributed by atoms with Crippen LogP contribution >= 0.6 is 0 Å². The van der Waals surface area contributed by atoms with Crippen molar-refractivity contribution in [2.45, 2.75) is 70.5 Å². The highest BCUT2D eigenvalue weighted by Crippen LogP contribution is 2.56. The molecule has 2 saturated heterocycles. The lowest BCUT2D eigenvalue weighted by Crippen LogP contribution is -2.56. The Morgan fingerprint density at radius 1 is 1.28 bits per heavy atom. The van der Waals surface area contributed by atoms with E-state index < -0.39 is 47.2 Å². The summed E-state index contributed by atoms with van der Waals surface area (Å²) in [6.45, 7) is 6.86. The van der Waals surface area contributed by atoms with Crippen molar-refractivity contribution in [2.75, 3.05) is 44.7 Å². The Bertz CT molecular complexity index is 1490. The number of anilines is 1. The molecule has 4 aliphatic rings. The second kappa shape index (κ2) is 12.8. The zero-order valence-electron chi connectivity index (χ0n) is 26.0. The van der Waals surface area contributed by atoms with Gasteiger partial charge in [0, 0.05) is 37.7 Å². The quantitative estimate of drug-likeness (QED) is 0.343. The number of amides is 1. The number of nitriles is 1. The van der Waals surface area contributed by atoms with Crippen LogP contribution in [0.4, 0.5) is 27.8 Å². The molecule has 1 aromatic heterocycles. The molecule has 0 spiro atoms. The molecule has 5 rings (SSSR count). The highest BCUT2D eigenvalue weighted by atomic mass is 19.4. The average molecular weight is 652 g/mol. The van der Waals surface area contributed by atoms with E-state index in [1.165, 1.54) is 18.7 Å². The van der Waals surface area contributed by atoms with Crippen molar-refractivity contribution in [3.8, 4) is 12.1 Å². The zero-order valence-corrected chi connectivity index (χ0v) is 26.0. The largest absolute Gasteiger partial charge is 0.462 e. The van der Waals surface area contributed by atoms with Gasteiger partial charge < -0.3 is 29.9 Å². The molecule has 250 valence electrons. The van der Waals surface area contributed by atoms with E-state index in [2.05, 4.69) is 21.4 Å². The molecule has 2 unspecified atom stereocenters. The van der Waals surface area contributed by atoms with Crippen LogP contribution in [0.25, 0.3) is 0 Å². The first-order valence-corrected chi connectivity index (χ1v) is 15.2. The predicted octanol–water partition coefficient (Wildman–Crippen LogP) is 4.09. The molecule has 15 heteroatoms. The normalized spacial score (nSPS) is 28.9. The van der Waals surface area contributed by atoms with E-state index in [0.29, 0.717) is 17.1 Å². The predicted molar refractivity (Wildman–Crippen MR) is 157 cm³/mol. The number of nitrogens with two attached hydrogens (primary N) is 1. The molecule has 10 nitrogen and oxygen atoms in total. The summed E-state index contributed by atoms with van der Waals surface area (Å²) in [5, 5.41) is 9.44. The molecule has 3 aliphatic heterocycles. The fraction of sp³-hybridized carbons (Fsp3) is 0.613. The van der Waals surface area contributed by atoms with Gasteiger partial charge in [0.05, 0.1) is 54.0 Å². The molecule has 1 aromatic rings. The van der Waals surface area contributed by atoms with E-state index in [1.54, 1.807) is 4.90 Å². The van der Waals surface area contributed by atoms with E-state index in [4.69, 9.17) is 15.2 Å². The van der Waals surface area contributed by atoms with Crippen LogP contribution in [0, 0.1) is 22.7 Å². The number of alkyl halides is 3. The highest BCUT2D eigenvalue weighted by molar-refractivity contribution is 5.91. The smallest absolute Gasteiger partial charge is 0.396 e. The molecular weight excluding hydrogens is 613 g/mol. The number of rotatable bonds is 7. The maximum Gasteiger partial charge on any atom is 0.396 e. The molecule has 0 bridgehead atoms. The van der Waals surface area contributed by atoms with Crippen LogP contribution < -0.4 is 15.4 Å². The summed E-state index contributed by atoms with van der Waals surface area (Å²) >= 11 is 0. The van der Waals surface area contributed by atoms with Gasteiger partial charge in [-0.1, -0.05) is 12.2 Å². The number of fused-ring (bicyclic) bond motifs is 1. The molecule has 5 atom stereocenters. The summed E-state index contributed by atoms with van der Waals surface area (Å²) in [5.41, 5.74) is 4.00. The van der Waals surface area contributed by atoms with Gasteiger partial charge in [0.15, 0.2) is 5.83 Å². The molecule has 0 radical (unpaired) electrons. The number of carbonyl (C=O) groups is 1. The van der Waals surface area contributed by atoms with E-state index in [-0.39, 0.29) is 69.0 Å². The minimum Gasteiger partial charge on any atom is -0.462 e. The van der Waals surface area contributed by atoms with Crippen LogP contribution in [-0.4, -0.2) is 89.9 Å². The maximum absolute atomic E-state index is 15.8. The highest BCUT2D eigenvalue weighted by Gasteiger charge is 2.60. The minimum absolute atomic E-state index is 0.00468. The molecule has 0 saturated carbocycles. The third-order valence-corrected chi connectivity index (χ3v) is 9.70. The van der Waals surface area contributed by atoms with E-state index >= 15 is 4.39 Å². The van der Waals surface area contributed by atoms with E-state index in [9.17, 15) is 27.6 Å². The first-order chi connectivity index (χ1) is 21.7. The number of piperazine rings is 1. The minimum atomic E-state index is -4.78. The Morgan fingerprint density at radius 2 is 2.02 bits per heavy atom. The van der Waals surface area contributed by atoms with E-state index in [1.807, 2.05) is 13.1 Å². The Balaban J connectivity index is 1.52. The van der Waals surface area contributed by atoms with Crippen molar-refractivity contribution in [1.29, 1.82) is 5.26 Å². The second-order valence-electron chi connectivity index (χ2n) is 12.6. The lowest BCUT2D eigenvalue weighted by atomic mass is 9.64. The third-order valence-electron chi connectivity index (χ3n) is 9.70. The van der Waals surface area contributed by atoms with Gasteiger partial charge in [-0.15, -0.1) is 0 Å². The number of hydrogen-bond donors (Lipinski definition) is 1. The van der Waals surface area contributed by atoms with Gasteiger partial charge in [0.1, 0.15) is 18.3 Å². The summed E-state index contributed by atoms with van der Waals surface area (Å²) in [6.07, 6.45) is -3.43. The van der Waals surface area contributed by atoms with Crippen LogP contribution in [0.3, 0.4) is 0 Å². The van der Waals surface area contributed by atoms with Gasteiger partial charge in [-0.3, -0.25) is 4.79 Å². The number of likely N-dealkylation sites (tertiary alicyclic amines) is 1. The second-order valence-corrected chi connectivity index (χ2v) is 12.6. The van der Waals surface area contributed by atoms with Gasteiger partial charge in [-0.2, -0.15) is 28.4 Å². The van der Waals surface area contributed by atoms with Crippen molar-refractivity contribution < 1.29 is 36.2 Å². The van der Waals surface area contributed by atoms with Crippen LogP contribution in [0.2, 0.25) is 0 Å². The number of aromatic nitrogens is 2. The molecule has 0 aromatic carbocycles. The van der Waals surface area contributed by atoms with Crippen LogP contribution in [-0.2, 0) is 22.6 Å². The molecular formula is C31H38F5N7O3. The summed E-state index contributed by atoms with van der Waals surface area (Å²) in [5.74, 6) is -4.96. The molecule has 46 heavy (non-hydrogen) atoms. The standard InChI is InChI=1S/C31H38F5N7O3/c1-17-12-22(38)26(33)30(3,25(17)31(34,35)36)24-13-23-21(16-45-24)27(40-29(39-23)46-15-20-6-5-9-41(20)4)42-10-11-43(28(44)18(2)32)19(14-42)7-8-37/h12,19-20,24-25H,2,5-7,9-11,13-16,38H2,1,3-4H3/t19-,20-,24-,25?,30?/m0/s1. The first-order valence-electron chi connectivity index (χ1n) is 15.2. The van der Waals surface area contributed by atoms with Crippen molar-refractivity contribution in [2.24, 2.45) is 17.1 Å². The van der Waals surface area contributed by atoms with E-state index in [0.717, 1.165) is 25.5 Å². The van der Waals surface area contributed by atoms with Crippen LogP contribution in [0.1, 0.15) is 44.4 Å². The molecule has 1 aliphatic carbocycles. The van der Waals surface area contributed by atoms with Gasteiger partial charge in [-0.05, 0) is 46.4 Å². The monoisotopic (exact) mass is 651 g/mol. The molecule has 1 amide bonds. The Kier molecular flexibility index (Phi) is 9.34. The SMILES string of the molecule is C=C(F)C(=O)N1CCN(c2nc(OC[C@@H]3CCCN3C)nc3c2CO[C@H](C2(C)C(F)=C(N)C=C(C)C2C(F)(F)F)C3)C[C@@H]1CC#N. The van der Waals surface area contributed by atoms with Crippen molar-refractivity contribution in [1.82, 2.24) is 19.8 Å². The van der Waals surface area contributed by atoms with Crippen molar-refractivity contribution >= 4 is 11.7 Å². The number of ether oxygens (including phenoxy) is 2. The van der Waals surface area contributed by atoms with Crippen molar-refractivity contribution in [3.05, 3.63) is 46.8 Å². The fourth-order valence-corrected chi connectivity index (χ4v) is 7.28. The first kappa shape index (κ1) is 33.6. The zero-order chi connectivity index (χ0) is 33.6.